The molecule has 6 heteroatoms. The van der Waals surface area contributed by atoms with E-state index in [1.54, 1.807) is 24.1 Å². The predicted octanol–water partition coefficient (Wildman–Crippen LogP) is 1.43. The van der Waals surface area contributed by atoms with Crippen LogP contribution < -0.4 is 10.5 Å². The molecule has 112 valence electrons. The van der Waals surface area contributed by atoms with E-state index in [4.69, 9.17) is 4.74 Å². The zero-order valence-corrected chi connectivity index (χ0v) is 13.1. The number of aromatic nitrogens is 2. The Morgan fingerprint density at radius 1 is 1.55 bits per heavy atom. The summed E-state index contributed by atoms with van der Waals surface area (Å²) in [6.45, 7) is 2.04. The van der Waals surface area contributed by atoms with E-state index in [1.807, 2.05) is 11.9 Å². The third kappa shape index (κ3) is 3.35. The van der Waals surface area contributed by atoms with E-state index in [0.29, 0.717) is 13.2 Å². The minimum Gasteiger partial charge on any atom is -0.383 e. The van der Waals surface area contributed by atoms with Gasteiger partial charge in [0, 0.05) is 26.8 Å². The highest BCUT2D eigenvalue weighted by molar-refractivity contribution is 7.80. The fraction of sp³-hybridized carbons (Fsp3) is 0.714. The summed E-state index contributed by atoms with van der Waals surface area (Å²) in [6.07, 6.45) is 5.26. The van der Waals surface area contributed by atoms with Crippen molar-refractivity contribution in [2.45, 2.75) is 25.8 Å². The monoisotopic (exact) mass is 297 g/mol. The van der Waals surface area contributed by atoms with Gasteiger partial charge in [-0.25, -0.2) is 4.68 Å². The highest BCUT2D eigenvalue weighted by atomic mass is 32.1. The van der Waals surface area contributed by atoms with Gasteiger partial charge >= 0.3 is 0 Å². The third-order valence-electron chi connectivity index (χ3n) is 4.16. The predicted molar refractivity (Wildman–Crippen MR) is 83.8 cm³/mol. The Morgan fingerprint density at radius 2 is 2.30 bits per heavy atom. The van der Waals surface area contributed by atoms with Crippen LogP contribution in [-0.2, 0) is 11.3 Å². The van der Waals surface area contributed by atoms with Gasteiger partial charge in [-0.2, -0.15) is 17.7 Å². The Morgan fingerprint density at radius 3 is 2.80 bits per heavy atom. The number of methoxy groups -OCH3 is 1. The van der Waals surface area contributed by atoms with Crippen molar-refractivity contribution in [3.8, 4) is 0 Å². The first-order chi connectivity index (χ1) is 9.60. The molecule has 0 N–H and O–H groups in total. The summed E-state index contributed by atoms with van der Waals surface area (Å²) in [5.41, 5.74) is 0.959. The van der Waals surface area contributed by atoms with E-state index >= 15 is 0 Å². The fourth-order valence-corrected chi connectivity index (χ4v) is 2.89. The zero-order valence-electron chi connectivity index (χ0n) is 12.2. The van der Waals surface area contributed by atoms with Crippen LogP contribution in [0.2, 0.25) is 0 Å². The Balaban J connectivity index is 2.08. The van der Waals surface area contributed by atoms with Crippen molar-refractivity contribution in [1.29, 1.82) is 0 Å². The van der Waals surface area contributed by atoms with Crippen molar-refractivity contribution in [1.82, 2.24) is 9.78 Å². The molecular weight excluding hydrogens is 274 g/mol. The van der Waals surface area contributed by atoms with Crippen molar-refractivity contribution in [3.05, 3.63) is 22.6 Å². The summed E-state index contributed by atoms with van der Waals surface area (Å²) in [4.78, 5) is 14.1. The van der Waals surface area contributed by atoms with Crippen molar-refractivity contribution in [2.24, 2.45) is 5.41 Å². The molecule has 1 aliphatic rings. The largest absolute Gasteiger partial charge is 0.383 e. The molecule has 1 heterocycles. The molecule has 0 bridgehead atoms. The van der Waals surface area contributed by atoms with Crippen molar-refractivity contribution in [2.75, 3.05) is 38.0 Å². The van der Waals surface area contributed by atoms with E-state index in [9.17, 15) is 4.79 Å². The second-order valence-corrected chi connectivity index (χ2v) is 5.95. The molecule has 0 spiro atoms. The van der Waals surface area contributed by atoms with Crippen molar-refractivity contribution >= 4 is 18.3 Å². The van der Waals surface area contributed by atoms with Gasteiger partial charge in [0.2, 0.25) is 0 Å². The van der Waals surface area contributed by atoms with Gasteiger partial charge < -0.3 is 9.64 Å². The summed E-state index contributed by atoms with van der Waals surface area (Å²) in [5, 5.41) is 4.31. The molecule has 1 fully saturated rings. The van der Waals surface area contributed by atoms with Crippen LogP contribution in [0.3, 0.4) is 0 Å². The first-order valence-electron chi connectivity index (χ1n) is 6.98. The van der Waals surface area contributed by atoms with Gasteiger partial charge in [0.05, 0.1) is 25.0 Å². The van der Waals surface area contributed by atoms with Crippen LogP contribution in [0.4, 0.5) is 5.69 Å². The summed E-state index contributed by atoms with van der Waals surface area (Å²) < 4.78 is 6.61. The number of hydrogen-bond acceptors (Lipinski definition) is 5. The van der Waals surface area contributed by atoms with Crippen LogP contribution in [-0.4, -0.2) is 42.8 Å². The van der Waals surface area contributed by atoms with Gasteiger partial charge in [-0.15, -0.1) is 0 Å². The fourth-order valence-electron chi connectivity index (χ4n) is 2.47. The molecule has 0 aromatic carbocycles. The summed E-state index contributed by atoms with van der Waals surface area (Å²) in [6, 6.07) is 1.65. The topological polar surface area (TPSA) is 47.4 Å². The SMILES string of the molecule is COCCN(C)c1cnn(CC2(CS)CCC2)c(=O)c1. The number of hydrogen-bond donors (Lipinski definition) is 1. The minimum atomic E-state index is -0.0418. The van der Waals surface area contributed by atoms with Gasteiger partial charge in [-0.3, -0.25) is 4.79 Å². The highest BCUT2D eigenvalue weighted by Gasteiger charge is 2.36. The maximum absolute atomic E-state index is 12.2. The lowest BCUT2D eigenvalue weighted by atomic mass is 9.70. The molecular formula is C14H23N3O2S. The van der Waals surface area contributed by atoms with Gasteiger partial charge in [-0.1, -0.05) is 6.42 Å². The second kappa shape index (κ2) is 6.63. The van der Waals surface area contributed by atoms with Crippen LogP contribution >= 0.6 is 12.6 Å². The molecule has 20 heavy (non-hydrogen) atoms. The summed E-state index contributed by atoms with van der Waals surface area (Å²) >= 11 is 4.42. The average molecular weight is 297 g/mol. The van der Waals surface area contributed by atoms with Crippen molar-refractivity contribution in [3.63, 3.8) is 0 Å². The molecule has 1 aromatic heterocycles. The molecule has 5 nitrogen and oxygen atoms in total. The molecule has 0 saturated heterocycles. The first kappa shape index (κ1) is 15.4. The number of ether oxygens (including phenoxy) is 1. The van der Waals surface area contributed by atoms with Crippen molar-refractivity contribution < 1.29 is 4.74 Å². The number of rotatable bonds is 7. The quantitative estimate of drug-likeness (QED) is 0.773. The van der Waals surface area contributed by atoms with Crippen LogP contribution in [0.15, 0.2) is 17.1 Å². The lowest BCUT2D eigenvalue weighted by molar-refractivity contribution is 0.130. The zero-order chi connectivity index (χ0) is 14.6. The van der Waals surface area contributed by atoms with Crippen LogP contribution in [0.5, 0.6) is 0 Å². The van der Waals surface area contributed by atoms with E-state index < -0.39 is 0 Å². The maximum atomic E-state index is 12.2. The number of likely N-dealkylation sites (N-methyl/N-ethyl adjacent to an activating group) is 1. The van der Waals surface area contributed by atoms with Gasteiger partial charge in [0.15, 0.2) is 0 Å². The molecule has 0 amide bonds. The van der Waals surface area contributed by atoms with Crippen LogP contribution in [0.25, 0.3) is 0 Å². The molecule has 0 aliphatic heterocycles. The average Bonchev–Trinajstić information content (AvgIpc) is 2.41. The molecule has 0 radical (unpaired) electrons. The smallest absolute Gasteiger partial charge is 0.268 e. The molecule has 1 aliphatic carbocycles. The van der Waals surface area contributed by atoms with Gasteiger partial charge in [0.1, 0.15) is 0 Å². The Hall–Kier alpha value is -1.01. The highest BCUT2D eigenvalue weighted by Crippen LogP contribution is 2.42. The molecule has 0 unspecified atom stereocenters. The number of nitrogens with zero attached hydrogens (tertiary/aromatic N) is 3. The lowest BCUT2D eigenvalue weighted by Crippen LogP contribution is -2.40. The summed E-state index contributed by atoms with van der Waals surface area (Å²) in [5.74, 6) is 0.816. The van der Waals surface area contributed by atoms with Crippen LogP contribution in [0, 0.1) is 5.41 Å². The summed E-state index contributed by atoms with van der Waals surface area (Å²) in [7, 11) is 3.60. The van der Waals surface area contributed by atoms with E-state index in [1.165, 1.54) is 6.42 Å². The van der Waals surface area contributed by atoms with Gasteiger partial charge in [-0.05, 0) is 24.0 Å². The van der Waals surface area contributed by atoms with Gasteiger partial charge in [0.25, 0.3) is 5.56 Å². The third-order valence-corrected chi connectivity index (χ3v) is 4.83. The van der Waals surface area contributed by atoms with E-state index in [0.717, 1.165) is 30.8 Å². The van der Waals surface area contributed by atoms with E-state index in [-0.39, 0.29) is 11.0 Å². The molecule has 0 atom stereocenters. The maximum Gasteiger partial charge on any atom is 0.268 e. The Kier molecular flexibility index (Phi) is 5.10. The Labute approximate surface area is 125 Å². The number of thiol groups is 1. The normalized spacial score (nSPS) is 16.8. The standard InChI is InChI=1S/C14H23N3O2S/c1-16(6-7-19-2)12-8-13(18)17(15-9-12)10-14(11-20)4-3-5-14/h8-9,20H,3-7,10-11H2,1-2H3. The minimum absolute atomic E-state index is 0.0418. The lowest BCUT2D eigenvalue weighted by Gasteiger charge is -2.40. The Bertz CT molecular complexity index is 494. The first-order valence-corrected chi connectivity index (χ1v) is 7.62. The second-order valence-electron chi connectivity index (χ2n) is 5.64. The molecule has 1 aromatic rings. The molecule has 2 rings (SSSR count). The van der Waals surface area contributed by atoms with E-state index in [2.05, 4.69) is 17.7 Å². The van der Waals surface area contributed by atoms with Crippen LogP contribution in [0.1, 0.15) is 19.3 Å². The number of anilines is 1. The molecule has 1 saturated carbocycles.